The van der Waals surface area contributed by atoms with Crippen LogP contribution in [0.2, 0.25) is 0 Å². The van der Waals surface area contributed by atoms with Crippen LogP contribution in [0.4, 0.5) is 0 Å². The number of ketones is 1. The Labute approximate surface area is 173 Å². The Morgan fingerprint density at radius 1 is 0.897 bits per heavy atom. The van der Waals surface area contributed by atoms with Gasteiger partial charge in [-0.3, -0.25) is 9.69 Å². The summed E-state index contributed by atoms with van der Waals surface area (Å²) in [5.41, 5.74) is 5.57. The Hall–Kier alpha value is -2.45. The molecule has 0 spiro atoms. The highest BCUT2D eigenvalue weighted by Crippen LogP contribution is 2.62. The first-order valence-corrected chi connectivity index (χ1v) is 10.9. The number of Topliss-reactive ketones (excluding diaryl/α,β-unsaturated/α-hetero) is 1. The molecule has 0 heterocycles. The molecule has 0 saturated heterocycles. The average Bonchev–Trinajstić information content (AvgIpc) is 3.09. The summed E-state index contributed by atoms with van der Waals surface area (Å²) in [5.74, 6) is 0.801. The molecule has 2 heteroatoms. The van der Waals surface area contributed by atoms with Crippen molar-refractivity contribution in [3.8, 4) is 0 Å². The van der Waals surface area contributed by atoms with Gasteiger partial charge in [-0.05, 0) is 62.4 Å². The fourth-order valence-electron chi connectivity index (χ4n) is 6.13. The Morgan fingerprint density at radius 3 is 2.21 bits per heavy atom. The molecule has 3 aliphatic carbocycles. The Kier molecular flexibility index (Phi) is 4.55. The van der Waals surface area contributed by atoms with Crippen LogP contribution in [0.5, 0.6) is 0 Å². The summed E-state index contributed by atoms with van der Waals surface area (Å²) in [7, 11) is 4.34. The number of rotatable bonds is 3. The van der Waals surface area contributed by atoms with E-state index in [1.165, 1.54) is 36.0 Å². The number of hydrogen-bond donors (Lipinski definition) is 0. The van der Waals surface area contributed by atoms with Gasteiger partial charge in [-0.15, -0.1) is 0 Å². The van der Waals surface area contributed by atoms with Crippen molar-refractivity contribution in [1.29, 1.82) is 0 Å². The second kappa shape index (κ2) is 7.11. The van der Waals surface area contributed by atoms with Crippen LogP contribution in [-0.2, 0) is 4.79 Å². The average molecular weight is 384 g/mol. The molecular weight excluding hydrogens is 354 g/mol. The van der Waals surface area contributed by atoms with Crippen LogP contribution >= 0.6 is 0 Å². The van der Waals surface area contributed by atoms with Crippen molar-refractivity contribution >= 4 is 16.9 Å². The predicted octanol–water partition coefficient (Wildman–Crippen LogP) is 5.62. The van der Waals surface area contributed by atoms with Gasteiger partial charge in [0.15, 0.2) is 5.78 Å². The third-order valence-corrected chi connectivity index (χ3v) is 7.34. The normalized spacial score (nSPS) is 28.9. The first-order chi connectivity index (χ1) is 14.1. The molecule has 0 unspecified atom stereocenters. The molecule has 3 aliphatic rings. The van der Waals surface area contributed by atoms with E-state index in [-0.39, 0.29) is 11.5 Å². The van der Waals surface area contributed by atoms with E-state index in [2.05, 4.69) is 67.5 Å². The first kappa shape index (κ1) is 18.6. The van der Waals surface area contributed by atoms with Crippen molar-refractivity contribution in [2.45, 2.75) is 37.6 Å². The van der Waals surface area contributed by atoms with Gasteiger partial charge in [-0.25, -0.2) is 0 Å². The molecule has 2 nitrogen and oxygen atoms in total. The smallest absolute Gasteiger partial charge is 0.173 e. The van der Waals surface area contributed by atoms with Gasteiger partial charge in [0.2, 0.25) is 0 Å². The van der Waals surface area contributed by atoms with Gasteiger partial charge in [0, 0.05) is 5.57 Å². The Bertz CT molecular complexity index is 986. The zero-order valence-corrected chi connectivity index (χ0v) is 17.4. The summed E-state index contributed by atoms with van der Waals surface area (Å²) in [6.45, 7) is 0. The van der Waals surface area contributed by atoms with E-state index in [0.29, 0.717) is 11.7 Å². The van der Waals surface area contributed by atoms with Crippen molar-refractivity contribution in [2.75, 3.05) is 14.1 Å². The van der Waals surface area contributed by atoms with E-state index < -0.39 is 0 Å². The molecule has 0 aromatic heterocycles. The molecular formula is C27H29NO. The van der Waals surface area contributed by atoms with Crippen LogP contribution in [0.1, 0.15) is 43.2 Å². The van der Waals surface area contributed by atoms with E-state index in [0.717, 1.165) is 24.0 Å². The van der Waals surface area contributed by atoms with Crippen molar-refractivity contribution in [3.05, 3.63) is 83.4 Å². The van der Waals surface area contributed by atoms with Gasteiger partial charge < -0.3 is 0 Å². The highest BCUT2D eigenvalue weighted by Gasteiger charge is 2.62. The van der Waals surface area contributed by atoms with Gasteiger partial charge >= 0.3 is 0 Å². The summed E-state index contributed by atoms with van der Waals surface area (Å²) in [5, 5.41) is 0. The zero-order chi connectivity index (χ0) is 20.0. The van der Waals surface area contributed by atoms with Crippen LogP contribution < -0.4 is 0 Å². The maximum absolute atomic E-state index is 14.1. The van der Waals surface area contributed by atoms with Gasteiger partial charge in [0.1, 0.15) is 0 Å². The number of carbonyl (C=O) groups is 1. The van der Waals surface area contributed by atoms with Crippen LogP contribution in [0.25, 0.3) is 11.1 Å². The lowest BCUT2D eigenvalue weighted by molar-refractivity contribution is -0.117. The fraction of sp³-hybridized carbons (Fsp3) is 0.370. The third-order valence-electron chi connectivity index (χ3n) is 7.34. The lowest BCUT2D eigenvalue weighted by Crippen LogP contribution is -2.47. The molecule has 0 N–H and O–H groups in total. The van der Waals surface area contributed by atoms with Crippen molar-refractivity contribution in [2.24, 2.45) is 11.8 Å². The number of likely N-dealkylation sites (N-methyl/N-ethyl adjacent to an activating group) is 1. The molecule has 5 rings (SSSR count). The maximum atomic E-state index is 14.1. The second-order valence-corrected chi connectivity index (χ2v) is 8.99. The van der Waals surface area contributed by atoms with E-state index in [1.807, 2.05) is 18.2 Å². The van der Waals surface area contributed by atoms with E-state index in [4.69, 9.17) is 0 Å². The van der Waals surface area contributed by atoms with Crippen molar-refractivity contribution in [3.63, 3.8) is 0 Å². The summed E-state index contributed by atoms with van der Waals surface area (Å²) in [6, 6.07) is 20.9. The molecule has 1 saturated carbocycles. The minimum Gasteiger partial charge on any atom is -0.299 e. The van der Waals surface area contributed by atoms with E-state index in [1.54, 1.807) is 0 Å². The summed E-state index contributed by atoms with van der Waals surface area (Å²) in [6.07, 6.45) is 8.31. The van der Waals surface area contributed by atoms with Gasteiger partial charge in [-0.1, -0.05) is 78.7 Å². The monoisotopic (exact) mass is 383 g/mol. The maximum Gasteiger partial charge on any atom is 0.173 e. The number of carbonyl (C=O) groups excluding carboxylic acids is 1. The Balaban J connectivity index is 1.81. The quantitative estimate of drug-likeness (QED) is 0.642. The molecule has 2 aromatic rings. The molecule has 1 fully saturated rings. The molecule has 2 aromatic carbocycles. The highest BCUT2D eigenvalue weighted by molar-refractivity contribution is 6.35. The fourth-order valence-corrected chi connectivity index (χ4v) is 6.13. The van der Waals surface area contributed by atoms with Gasteiger partial charge in [0.25, 0.3) is 0 Å². The molecule has 0 aliphatic heterocycles. The first-order valence-electron chi connectivity index (χ1n) is 10.9. The topological polar surface area (TPSA) is 20.3 Å². The number of benzene rings is 2. The summed E-state index contributed by atoms with van der Waals surface area (Å²) in [4.78, 5) is 16.5. The minimum absolute atomic E-state index is 0.0500. The van der Waals surface area contributed by atoms with Crippen LogP contribution in [0.3, 0.4) is 0 Å². The number of fused-ring (bicyclic) bond motifs is 3. The van der Waals surface area contributed by atoms with Crippen molar-refractivity contribution in [1.82, 2.24) is 4.90 Å². The van der Waals surface area contributed by atoms with Crippen molar-refractivity contribution < 1.29 is 4.79 Å². The lowest BCUT2D eigenvalue weighted by Gasteiger charge is -2.39. The molecule has 0 radical (unpaired) electrons. The Morgan fingerprint density at radius 2 is 1.55 bits per heavy atom. The second-order valence-electron chi connectivity index (χ2n) is 8.99. The van der Waals surface area contributed by atoms with E-state index >= 15 is 0 Å². The summed E-state index contributed by atoms with van der Waals surface area (Å²) >= 11 is 0. The van der Waals surface area contributed by atoms with Gasteiger partial charge in [0.05, 0.1) is 11.5 Å². The molecule has 0 bridgehead atoms. The number of hydrogen-bond acceptors (Lipinski definition) is 2. The van der Waals surface area contributed by atoms with Gasteiger partial charge in [-0.2, -0.15) is 0 Å². The number of allylic oxidation sites excluding steroid dienone is 2. The number of nitrogens with zero attached hydrogens (tertiary/aromatic N) is 1. The van der Waals surface area contributed by atoms with Crippen LogP contribution in [0, 0.1) is 11.8 Å². The standard InChI is InChI=1S/C27H29NO/c1-28(2)27-18-21-16-10-5-11-17-22(21)25(27)26(29)23(19-12-6-3-7-13-19)24(27)20-14-8-4-9-15-20/h3-4,6-9,12-15,17,21,25H,5,10-11,16,18H2,1-2H3/t21-,25-,27-/m1/s1. The molecule has 0 amide bonds. The zero-order valence-electron chi connectivity index (χ0n) is 17.4. The predicted molar refractivity (Wildman–Crippen MR) is 119 cm³/mol. The van der Waals surface area contributed by atoms with Crippen LogP contribution in [-0.4, -0.2) is 30.3 Å². The van der Waals surface area contributed by atoms with E-state index in [9.17, 15) is 4.79 Å². The SMILES string of the molecule is CN(C)[C@@]12C[C@H]3CCCCC=C3[C@@H]1C(=O)C(c1ccccc1)=C2c1ccccc1. The molecule has 29 heavy (non-hydrogen) atoms. The largest absolute Gasteiger partial charge is 0.299 e. The molecule has 3 atom stereocenters. The summed E-state index contributed by atoms with van der Waals surface area (Å²) < 4.78 is 0. The van der Waals surface area contributed by atoms with Crippen LogP contribution in [0.15, 0.2) is 72.3 Å². The third kappa shape index (κ3) is 2.69. The lowest BCUT2D eigenvalue weighted by atomic mass is 9.79. The minimum atomic E-state index is -0.253. The molecule has 148 valence electrons. The highest BCUT2D eigenvalue weighted by atomic mass is 16.1.